The molecule has 1 aliphatic rings. The van der Waals surface area contributed by atoms with Gasteiger partial charge in [-0.25, -0.2) is 0 Å². The molecule has 11 nitrogen and oxygen atoms in total. The van der Waals surface area contributed by atoms with Crippen LogP contribution in [0.4, 0.5) is 11.4 Å². The maximum atomic E-state index is 12.8. The van der Waals surface area contributed by atoms with Crippen LogP contribution in [-0.4, -0.2) is 87.5 Å². The van der Waals surface area contributed by atoms with Gasteiger partial charge < -0.3 is 25.0 Å². The van der Waals surface area contributed by atoms with Gasteiger partial charge in [0.25, 0.3) is 11.8 Å². The summed E-state index contributed by atoms with van der Waals surface area (Å²) in [5, 5.41) is 6.41. The SMILES string of the molecule is C=C(/C=C(\C)C(=O)Nc1ccc2sc(C(=O)N(C)C)cc2c1)NC(=O)CCCOc1cc(N=CC2CCCN2C)c(C=O)cc1OC. The molecule has 1 unspecified atom stereocenters. The average Bonchev–Trinajstić information content (AvgIpc) is 3.66. The molecule has 4 rings (SSSR count). The van der Waals surface area contributed by atoms with Crippen molar-refractivity contribution in [2.45, 2.75) is 38.6 Å². The molecule has 1 fully saturated rings. The summed E-state index contributed by atoms with van der Waals surface area (Å²) in [6.07, 6.45) is 6.79. The first kappa shape index (κ1) is 35.1. The zero-order chi connectivity index (χ0) is 34.1. The highest BCUT2D eigenvalue weighted by Gasteiger charge is 2.19. The van der Waals surface area contributed by atoms with Crippen molar-refractivity contribution in [2.75, 3.05) is 46.7 Å². The molecule has 12 heteroatoms. The number of thiophene rings is 1. The van der Waals surface area contributed by atoms with Crippen molar-refractivity contribution in [3.8, 4) is 11.5 Å². The molecule has 1 aromatic heterocycles. The molecule has 0 spiro atoms. The first-order chi connectivity index (χ1) is 22.5. The van der Waals surface area contributed by atoms with Gasteiger partial charge in [0.1, 0.15) is 0 Å². The van der Waals surface area contributed by atoms with Crippen LogP contribution in [0.3, 0.4) is 0 Å². The zero-order valence-corrected chi connectivity index (χ0v) is 28.2. The van der Waals surface area contributed by atoms with Crippen LogP contribution in [0.15, 0.2) is 65.3 Å². The number of methoxy groups -OCH3 is 1. The van der Waals surface area contributed by atoms with Gasteiger partial charge in [0, 0.05) is 66.1 Å². The Morgan fingerprint density at radius 1 is 1.17 bits per heavy atom. The van der Waals surface area contributed by atoms with Crippen LogP contribution in [0, 0.1) is 0 Å². The molecule has 1 saturated heterocycles. The van der Waals surface area contributed by atoms with Crippen molar-refractivity contribution in [1.29, 1.82) is 0 Å². The lowest BCUT2D eigenvalue weighted by molar-refractivity contribution is -0.120. The molecule has 1 aliphatic heterocycles. The number of likely N-dealkylation sites (tertiary alicyclic amines) is 1. The number of aldehydes is 1. The normalized spacial score (nSPS) is 15.1. The van der Waals surface area contributed by atoms with Crippen molar-refractivity contribution in [3.05, 3.63) is 70.8 Å². The van der Waals surface area contributed by atoms with Crippen LogP contribution >= 0.6 is 11.3 Å². The van der Waals surface area contributed by atoms with E-state index >= 15 is 0 Å². The molecule has 3 amide bonds. The van der Waals surface area contributed by atoms with E-state index in [1.54, 1.807) is 39.2 Å². The predicted molar refractivity (Wildman–Crippen MR) is 186 cm³/mol. The number of nitrogens with one attached hydrogen (secondary N) is 2. The maximum absolute atomic E-state index is 12.8. The number of fused-ring (bicyclic) bond motifs is 1. The standard InChI is InChI=1S/C35H41N5O6S/c1-22(34(43)38-26-11-12-31-24(16-26)18-32(47-31)35(44)39(3)4)15-23(2)37-33(42)10-8-14-46-30-19-28(25(21-41)17-29(30)45-6)36-20-27-9-7-13-40(27)5/h11-12,15-21,27H,2,7-10,13-14H2,1,3-6H3,(H,37,42)(H,38,43)/b22-15+,36-20?. The van der Waals surface area contributed by atoms with E-state index < -0.39 is 0 Å². The summed E-state index contributed by atoms with van der Waals surface area (Å²) in [7, 11) is 6.95. The van der Waals surface area contributed by atoms with E-state index in [4.69, 9.17) is 9.47 Å². The Labute approximate surface area is 278 Å². The van der Waals surface area contributed by atoms with E-state index in [1.807, 2.05) is 31.5 Å². The summed E-state index contributed by atoms with van der Waals surface area (Å²) in [5.74, 6) is 0.140. The van der Waals surface area contributed by atoms with E-state index in [9.17, 15) is 19.2 Å². The first-order valence-electron chi connectivity index (χ1n) is 15.3. The van der Waals surface area contributed by atoms with Crippen molar-refractivity contribution in [1.82, 2.24) is 15.1 Å². The van der Waals surface area contributed by atoms with Gasteiger partial charge in [0.05, 0.1) is 24.3 Å². The van der Waals surface area contributed by atoms with Gasteiger partial charge in [-0.05, 0) is 81.6 Å². The third-order valence-corrected chi connectivity index (χ3v) is 8.75. The Hall–Kier alpha value is -4.81. The molecule has 0 saturated carbocycles. The number of hydrogen-bond acceptors (Lipinski definition) is 9. The number of nitrogens with zero attached hydrogens (tertiary/aromatic N) is 3. The first-order valence-corrected chi connectivity index (χ1v) is 16.1. The molecule has 0 radical (unpaired) electrons. The molecular weight excluding hydrogens is 618 g/mol. The van der Waals surface area contributed by atoms with Gasteiger partial charge in [0.2, 0.25) is 5.91 Å². The van der Waals surface area contributed by atoms with Crippen LogP contribution in [0.1, 0.15) is 52.6 Å². The number of benzene rings is 2. The van der Waals surface area contributed by atoms with Gasteiger partial charge >= 0.3 is 0 Å². The number of allylic oxidation sites excluding steroid dienone is 1. The number of anilines is 1. The number of aliphatic imine (C=N–C) groups is 1. The molecule has 248 valence electrons. The number of hydrogen-bond donors (Lipinski definition) is 2. The molecule has 0 bridgehead atoms. The monoisotopic (exact) mass is 659 g/mol. The second-order valence-electron chi connectivity index (χ2n) is 11.5. The number of amides is 3. The lowest BCUT2D eigenvalue weighted by Crippen LogP contribution is -2.25. The summed E-state index contributed by atoms with van der Waals surface area (Å²) < 4.78 is 12.3. The van der Waals surface area contributed by atoms with Gasteiger partial charge in [-0.1, -0.05) is 6.58 Å². The topological polar surface area (TPSA) is 130 Å². The minimum absolute atomic E-state index is 0.0727. The molecule has 2 N–H and O–H groups in total. The quantitative estimate of drug-likeness (QED) is 0.0759. The summed E-state index contributed by atoms with van der Waals surface area (Å²) in [6.45, 7) is 6.72. The fourth-order valence-electron chi connectivity index (χ4n) is 5.03. The molecule has 3 aromatic rings. The number of carbonyl (C=O) groups is 4. The van der Waals surface area contributed by atoms with Crippen molar-refractivity contribution < 1.29 is 28.7 Å². The van der Waals surface area contributed by atoms with Gasteiger partial charge in [-0.15, -0.1) is 11.3 Å². The molecule has 2 aromatic carbocycles. The zero-order valence-electron chi connectivity index (χ0n) is 27.4. The third-order valence-electron chi connectivity index (χ3n) is 7.65. The maximum Gasteiger partial charge on any atom is 0.263 e. The largest absolute Gasteiger partial charge is 0.493 e. The van der Waals surface area contributed by atoms with Gasteiger partial charge in [-0.2, -0.15) is 0 Å². The van der Waals surface area contributed by atoms with E-state index in [2.05, 4.69) is 27.1 Å². The Bertz CT molecular complexity index is 1730. The average molecular weight is 660 g/mol. The van der Waals surface area contributed by atoms with Crippen molar-refractivity contribution in [2.24, 2.45) is 4.99 Å². The Morgan fingerprint density at radius 2 is 1.96 bits per heavy atom. The van der Waals surface area contributed by atoms with Gasteiger partial charge in [0.15, 0.2) is 17.8 Å². The molecule has 2 heterocycles. The Kier molecular flexibility index (Phi) is 12.0. The fraction of sp³-hybridized carbons (Fsp3) is 0.343. The molecular formula is C35H41N5O6S. The van der Waals surface area contributed by atoms with Crippen LogP contribution in [-0.2, 0) is 9.59 Å². The molecule has 0 aliphatic carbocycles. The minimum atomic E-state index is -0.346. The smallest absolute Gasteiger partial charge is 0.263 e. The fourth-order valence-corrected chi connectivity index (χ4v) is 6.09. The number of rotatable bonds is 14. The van der Waals surface area contributed by atoms with Crippen LogP contribution < -0.4 is 20.1 Å². The highest BCUT2D eigenvalue weighted by molar-refractivity contribution is 7.20. The third kappa shape index (κ3) is 9.36. The summed E-state index contributed by atoms with van der Waals surface area (Å²) in [5.41, 5.74) is 2.12. The van der Waals surface area contributed by atoms with E-state index in [-0.39, 0.29) is 42.5 Å². The van der Waals surface area contributed by atoms with Crippen LogP contribution in [0.2, 0.25) is 0 Å². The van der Waals surface area contributed by atoms with Crippen LogP contribution in [0.25, 0.3) is 10.1 Å². The number of carbonyl (C=O) groups excluding carboxylic acids is 4. The Balaban J connectivity index is 1.26. The predicted octanol–water partition coefficient (Wildman–Crippen LogP) is 5.59. The summed E-state index contributed by atoms with van der Waals surface area (Å²) >= 11 is 1.40. The van der Waals surface area contributed by atoms with Crippen molar-refractivity contribution >= 4 is 63.0 Å². The second kappa shape index (κ2) is 16.1. The Morgan fingerprint density at radius 3 is 2.64 bits per heavy atom. The molecule has 1 atom stereocenters. The van der Waals surface area contributed by atoms with E-state index in [1.165, 1.54) is 29.4 Å². The molecule has 47 heavy (non-hydrogen) atoms. The number of ether oxygens (including phenoxy) is 2. The summed E-state index contributed by atoms with van der Waals surface area (Å²) in [6, 6.07) is 10.8. The van der Waals surface area contributed by atoms with Gasteiger partial charge in [-0.3, -0.25) is 29.1 Å². The van der Waals surface area contributed by atoms with Crippen molar-refractivity contribution in [3.63, 3.8) is 0 Å². The van der Waals surface area contributed by atoms with Crippen LogP contribution in [0.5, 0.6) is 11.5 Å². The lowest BCUT2D eigenvalue weighted by Gasteiger charge is -2.15. The highest BCUT2D eigenvalue weighted by atomic mass is 32.1. The van der Waals surface area contributed by atoms with E-state index in [0.717, 1.165) is 35.8 Å². The minimum Gasteiger partial charge on any atom is -0.493 e. The lowest BCUT2D eigenvalue weighted by atomic mass is 10.1. The second-order valence-corrected chi connectivity index (χ2v) is 12.6. The summed E-state index contributed by atoms with van der Waals surface area (Å²) in [4.78, 5) is 58.3. The van der Waals surface area contributed by atoms with E-state index in [0.29, 0.717) is 45.3 Å². The highest BCUT2D eigenvalue weighted by Crippen LogP contribution is 2.35.